The fourth-order valence-corrected chi connectivity index (χ4v) is 4.21. The summed E-state index contributed by atoms with van der Waals surface area (Å²) in [5.74, 6) is -0.0500. The van der Waals surface area contributed by atoms with E-state index >= 15 is 0 Å². The molecular formula is C24H26ClN3O6. The van der Waals surface area contributed by atoms with Crippen molar-refractivity contribution in [2.24, 2.45) is 0 Å². The van der Waals surface area contributed by atoms with E-state index in [2.05, 4.69) is 9.97 Å². The molecule has 34 heavy (non-hydrogen) atoms. The van der Waals surface area contributed by atoms with Crippen LogP contribution < -0.4 is 9.64 Å². The van der Waals surface area contributed by atoms with Crippen LogP contribution in [0.15, 0.2) is 34.9 Å². The number of rotatable bonds is 7. The SMILES string of the molecule is CCOC(=O)N(c1c(C(=O)c2ccc(OC)cn2)oc2ccc(Cl)nc12)[C@H]1CCO[C@@H](CC)C1. The summed E-state index contributed by atoms with van der Waals surface area (Å²) in [6.45, 7) is 4.40. The minimum atomic E-state index is -0.592. The van der Waals surface area contributed by atoms with E-state index in [0.29, 0.717) is 36.3 Å². The van der Waals surface area contributed by atoms with E-state index in [1.165, 1.54) is 24.3 Å². The number of amides is 1. The van der Waals surface area contributed by atoms with Crippen molar-refractivity contribution in [3.05, 3.63) is 47.1 Å². The molecule has 0 aliphatic carbocycles. The topological polar surface area (TPSA) is 104 Å². The third-order valence-electron chi connectivity index (χ3n) is 5.75. The smallest absolute Gasteiger partial charge is 0.414 e. The van der Waals surface area contributed by atoms with Crippen molar-refractivity contribution in [1.29, 1.82) is 0 Å². The van der Waals surface area contributed by atoms with Gasteiger partial charge in [-0.25, -0.2) is 14.8 Å². The number of carbonyl (C=O) groups is 2. The first-order chi connectivity index (χ1) is 16.5. The van der Waals surface area contributed by atoms with Crippen LogP contribution in [-0.4, -0.2) is 54.3 Å². The summed E-state index contributed by atoms with van der Waals surface area (Å²) >= 11 is 6.19. The number of ether oxygens (including phenoxy) is 3. The lowest BCUT2D eigenvalue weighted by Gasteiger charge is -2.36. The van der Waals surface area contributed by atoms with Gasteiger partial charge in [0, 0.05) is 12.6 Å². The average molecular weight is 488 g/mol. The molecule has 1 saturated heterocycles. The lowest BCUT2D eigenvalue weighted by Crippen LogP contribution is -2.46. The zero-order chi connectivity index (χ0) is 24.2. The lowest BCUT2D eigenvalue weighted by atomic mass is 9.99. The van der Waals surface area contributed by atoms with E-state index in [4.69, 9.17) is 30.2 Å². The Kier molecular flexibility index (Phi) is 7.33. The van der Waals surface area contributed by atoms with Crippen molar-refractivity contribution in [3.8, 4) is 5.75 Å². The molecule has 1 aliphatic heterocycles. The fourth-order valence-electron chi connectivity index (χ4n) is 4.06. The highest BCUT2D eigenvalue weighted by Crippen LogP contribution is 2.38. The summed E-state index contributed by atoms with van der Waals surface area (Å²) in [6, 6.07) is 6.07. The van der Waals surface area contributed by atoms with E-state index in [9.17, 15) is 9.59 Å². The first-order valence-electron chi connectivity index (χ1n) is 11.2. The maximum Gasteiger partial charge on any atom is 0.414 e. The van der Waals surface area contributed by atoms with Gasteiger partial charge in [0.05, 0.1) is 26.0 Å². The number of fused-ring (bicyclic) bond motifs is 1. The fraction of sp³-hybridized carbons (Fsp3) is 0.417. The molecule has 4 heterocycles. The molecule has 0 N–H and O–H groups in total. The first kappa shape index (κ1) is 24.0. The van der Waals surface area contributed by atoms with Gasteiger partial charge in [0.25, 0.3) is 0 Å². The molecule has 0 aromatic carbocycles. The Labute approximate surface area is 202 Å². The predicted molar refractivity (Wildman–Crippen MR) is 126 cm³/mol. The van der Waals surface area contributed by atoms with Gasteiger partial charge in [-0.05, 0) is 50.5 Å². The molecule has 0 spiro atoms. The second kappa shape index (κ2) is 10.4. The largest absolute Gasteiger partial charge is 0.495 e. The number of hydrogen-bond acceptors (Lipinski definition) is 8. The summed E-state index contributed by atoms with van der Waals surface area (Å²) in [5, 5.41) is 0.207. The molecule has 3 aromatic rings. The molecule has 0 radical (unpaired) electrons. The number of ketones is 1. The average Bonchev–Trinajstić information content (AvgIpc) is 3.22. The van der Waals surface area contributed by atoms with Crippen molar-refractivity contribution in [3.63, 3.8) is 0 Å². The standard InChI is InChI=1S/C24H26ClN3O6/c1-4-15-12-14(10-11-33-15)28(24(30)32-5-2)21-20-18(8-9-19(25)27-20)34-23(21)22(29)17-7-6-16(31-3)13-26-17/h6-9,13-15H,4-5,10-12H2,1-3H3/t14-,15-/m0/s1. The van der Waals surface area contributed by atoms with E-state index in [-0.39, 0.29) is 41.0 Å². The van der Waals surface area contributed by atoms with Gasteiger partial charge in [0.1, 0.15) is 27.8 Å². The minimum absolute atomic E-state index is 0.0206. The predicted octanol–water partition coefficient (Wildman–Crippen LogP) is 5.04. The molecule has 180 valence electrons. The number of pyridine rings is 2. The minimum Gasteiger partial charge on any atom is -0.495 e. The monoisotopic (exact) mass is 487 g/mol. The molecule has 4 rings (SSSR count). The molecule has 10 heteroatoms. The van der Waals surface area contributed by atoms with Crippen LogP contribution in [0.25, 0.3) is 11.1 Å². The third-order valence-corrected chi connectivity index (χ3v) is 5.96. The van der Waals surface area contributed by atoms with Crippen LogP contribution in [0.4, 0.5) is 10.5 Å². The van der Waals surface area contributed by atoms with Gasteiger partial charge >= 0.3 is 6.09 Å². The van der Waals surface area contributed by atoms with Gasteiger partial charge in [0.15, 0.2) is 5.58 Å². The van der Waals surface area contributed by atoms with Gasteiger partial charge in [-0.1, -0.05) is 18.5 Å². The van der Waals surface area contributed by atoms with E-state index < -0.39 is 11.9 Å². The molecule has 1 fully saturated rings. The van der Waals surface area contributed by atoms with Crippen LogP contribution >= 0.6 is 11.6 Å². The molecule has 9 nitrogen and oxygen atoms in total. The van der Waals surface area contributed by atoms with E-state index in [0.717, 1.165) is 6.42 Å². The van der Waals surface area contributed by atoms with Crippen LogP contribution in [0.5, 0.6) is 5.75 Å². The maximum atomic E-state index is 13.5. The van der Waals surface area contributed by atoms with Crippen molar-refractivity contribution in [2.45, 2.75) is 45.3 Å². The number of aromatic nitrogens is 2. The summed E-state index contributed by atoms with van der Waals surface area (Å²) in [5.41, 5.74) is 0.983. The van der Waals surface area contributed by atoms with Gasteiger partial charge in [-0.3, -0.25) is 9.69 Å². The zero-order valence-corrected chi connectivity index (χ0v) is 20.0. The van der Waals surface area contributed by atoms with Crippen LogP contribution in [0, 0.1) is 0 Å². The Hall–Kier alpha value is -3.17. The highest BCUT2D eigenvalue weighted by Gasteiger charge is 2.38. The molecule has 1 aliphatic rings. The number of halogens is 1. The third kappa shape index (κ3) is 4.71. The molecule has 1 amide bonds. The molecule has 2 atom stereocenters. The Morgan fingerprint density at radius 3 is 2.74 bits per heavy atom. The second-order valence-corrected chi connectivity index (χ2v) is 8.21. The maximum absolute atomic E-state index is 13.5. The first-order valence-corrected chi connectivity index (χ1v) is 11.6. The number of nitrogens with zero attached hydrogens (tertiary/aromatic N) is 3. The molecule has 3 aromatic heterocycles. The van der Waals surface area contributed by atoms with E-state index in [1.807, 2.05) is 6.92 Å². The number of hydrogen-bond donors (Lipinski definition) is 0. The van der Waals surface area contributed by atoms with Gasteiger partial charge < -0.3 is 18.6 Å². The Balaban J connectivity index is 1.88. The van der Waals surface area contributed by atoms with Crippen LogP contribution in [0.1, 0.15) is 49.4 Å². The number of methoxy groups -OCH3 is 1. The second-order valence-electron chi connectivity index (χ2n) is 7.82. The number of anilines is 1. The van der Waals surface area contributed by atoms with Crippen LogP contribution in [0.3, 0.4) is 0 Å². The molecular weight excluding hydrogens is 462 g/mol. The Morgan fingerprint density at radius 1 is 1.24 bits per heavy atom. The highest BCUT2D eigenvalue weighted by molar-refractivity contribution is 6.30. The number of carbonyl (C=O) groups excluding carboxylic acids is 2. The highest BCUT2D eigenvalue weighted by atomic mass is 35.5. The summed E-state index contributed by atoms with van der Waals surface area (Å²) < 4.78 is 22.3. The summed E-state index contributed by atoms with van der Waals surface area (Å²) in [7, 11) is 1.51. The van der Waals surface area contributed by atoms with Crippen molar-refractivity contribution < 1.29 is 28.2 Å². The van der Waals surface area contributed by atoms with Crippen molar-refractivity contribution in [1.82, 2.24) is 9.97 Å². The summed E-state index contributed by atoms with van der Waals surface area (Å²) in [4.78, 5) is 36.9. The lowest BCUT2D eigenvalue weighted by molar-refractivity contribution is 0.00467. The van der Waals surface area contributed by atoms with Crippen molar-refractivity contribution >= 4 is 40.3 Å². The van der Waals surface area contributed by atoms with Gasteiger partial charge in [-0.15, -0.1) is 0 Å². The summed E-state index contributed by atoms with van der Waals surface area (Å²) in [6.07, 6.45) is 2.77. The molecule has 0 bridgehead atoms. The Morgan fingerprint density at radius 2 is 2.06 bits per heavy atom. The van der Waals surface area contributed by atoms with Gasteiger partial charge in [-0.2, -0.15) is 0 Å². The quantitative estimate of drug-likeness (QED) is 0.337. The number of furan rings is 1. The van der Waals surface area contributed by atoms with Crippen molar-refractivity contribution in [2.75, 3.05) is 25.2 Å². The normalized spacial score (nSPS) is 18.0. The van der Waals surface area contributed by atoms with Crippen LogP contribution in [-0.2, 0) is 9.47 Å². The molecule has 0 unspecified atom stereocenters. The van der Waals surface area contributed by atoms with Crippen LogP contribution in [0.2, 0.25) is 5.15 Å². The van der Waals surface area contributed by atoms with E-state index in [1.54, 1.807) is 25.1 Å². The zero-order valence-electron chi connectivity index (χ0n) is 19.2. The molecule has 0 saturated carbocycles. The van der Waals surface area contributed by atoms with Gasteiger partial charge in [0.2, 0.25) is 11.5 Å². The Bertz CT molecular complexity index is 1180.